The molecule has 9 nitrogen and oxygen atoms in total. The molecule has 152 valence electrons. The second kappa shape index (κ2) is 9.85. The van der Waals surface area contributed by atoms with Gasteiger partial charge in [-0.1, -0.05) is 28.4 Å². The zero-order chi connectivity index (χ0) is 21.6. The monoisotopic (exact) mass is 437 g/mol. The van der Waals surface area contributed by atoms with Crippen LogP contribution in [-0.2, 0) is 16.1 Å². The van der Waals surface area contributed by atoms with Crippen LogP contribution in [-0.4, -0.2) is 29.5 Å². The SMILES string of the molecule is CO/N=C(/CC(=O)N=C(N)Cc1cc(Cl)c(N)c(Cl)c1)c1ccc([N+](=O)[O-])cc1. The number of rotatable bonds is 7. The van der Waals surface area contributed by atoms with Crippen LogP contribution in [0.1, 0.15) is 17.5 Å². The number of hydrogen-bond acceptors (Lipinski definition) is 6. The van der Waals surface area contributed by atoms with Crippen molar-refractivity contribution in [3.05, 3.63) is 67.7 Å². The molecule has 2 rings (SSSR count). The predicted molar refractivity (Wildman–Crippen MR) is 112 cm³/mol. The highest BCUT2D eigenvalue weighted by Crippen LogP contribution is 2.29. The Morgan fingerprint density at radius 1 is 1.21 bits per heavy atom. The maximum Gasteiger partial charge on any atom is 0.269 e. The number of halogens is 2. The quantitative estimate of drug-likeness (QED) is 0.223. The highest BCUT2D eigenvalue weighted by Gasteiger charge is 2.14. The number of carbonyl (C=O) groups is 1. The normalized spacial score (nSPS) is 12.0. The Kier molecular flexibility index (Phi) is 7.52. The van der Waals surface area contributed by atoms with Crippen molar-refractivity contribution < 1.29 is 14.6 Å². The van der Waals surface area contributed by atoms with Gasteiger partial charge in [-0.2, -0.15) is 0 Å². The molecule has 0 unspecified atom stereocenters. The summed E-state index contributed by atoms with van der Waals surface area (Å²) in [7, 11) is 1.32. The Labute approximate surface area is 176 Å². The van der Waals surface area contributed by atoms with Crippen LogP contribution in [0.2, 0.25) is 10.0 Å². The number of benzene rings is 2. The van der Waals surface area contributed by atoms with Crippen molar-refractivity contribution in [3.63, 3.8) is 0 Å². The number of carbonyl (C=O) groups excluding carboxylic acids is 1. The molecule has 0 aliphatic heterocycles. The van der Waals surface area contributed by atoms with Gasteiger partial charge >= 0.3 is 0 Å². The Bertz CT molecular complexity index is 967. The van der Waals surface area contributed by atoms with Crippen LogP contribution in [0, 0.1) is 10.1 Å². The van der Waals surface area contributed by atoms with Crippen LogP contribution < -0.4 is 11.5 Å². The fraction of sp³-hybridized carbons (Fsp3) is 0.167. The molecule has 2 aromatic carbocycles. The van der Waals surface area contributed by atoms with Crippen molar-refractivity contribution in [3.8, 4) is 0 Å². The summed E-state index contributed by atoms with van der Waals surface area (Å²) in [6.45, 7) is 0. The van der Waals surface area contributed by atoms with Crippen molar-refractivity contribution in [2.45, 2.75) is 12.8 Å². The molecule has 0 aliphatic rings. The number of nitrogens with two attached hydrogens (primary N) is 2. The molecule has 2 aromatic rings. The Morgan fingerprint density at radius 3 is 2.31 bits per heavy atom. The molecular weight excluding hydrogens is 421 g/mol. The summed E-state index contributed by atoms with van der Waals surface area (Å²) in [4.78, 5) is 31.1. The molecule has 0 radical (unpaired) electrons. The molecule has 0 atom stereocenters. The number of amidine groups is 1. The lowest BCUT2D eigenvalue weighted by Gasteiger charge is -2.07. The van der Waals surface area contributed by atoms with Crippen molar-refractivity contribution in [1.29, 1.82) is 0 Å². The maximum absolute atomic E-state index is 12.3. The van der Waals surface area contributed by atoms with E-state index in [4.69, 9.17) is 39.5 Å². The predicted octanol–water partition coefficient (Wildman–Crippen LogP) is 3.35. The second-order valence-electron chi connectivity index (χ2n) is 5.85. The highest BCUT2D eigenvalue weighted by atomic mass is 35.5. The third-order valence-corrected chi connectivity index (χ3v) is 4.35. The lowest BCUT2D eigenvalue weighted by Crippen LogP contribution is -2.19. The van der Waals surface area contributed by atoms with Crippen LogP contribution in [0.3, 0.4) is 0 Å². The molecule has 0 heterocycles. The first-order chi connectivity index (χ1) is 13.7. The van der Waals surface area contributed by atoms with Gasteiger partial charge < -0.3 is 16.3 Å². The Hall–Kier alpha value is -3.17. The van der Waals surface area contributed by atoms with Crippen molar-refractivity contribution in [2.75, 3.05) is 12.8 Å². The van der Waals surface area contributed by atoms with Crippen LogP contribution >= 0.6 is 23.2 Å². The zero-order valence-corrected chi connectivity index (χ0v) is 16.8. The first kappa shape index (κ1) is 22.1. The molecule has 0 bridgehead atoms. The van der Waals surface area contributed by atoms with E-state index in [0.29, 0.717) is 11.1 Å². The molecule has 4 N–H and O–H groups in total. The second-order valence-corrected chi connectivity index (χ2v) is 6.66. The van der Waals surface area contributed by atoms with Gasteiger partial charge in [-0.3, -0.25) is 14.9 Å². The molecule has 0 aromatic heterocycles. The van der Waals surface area contributed by atoms with Gasteiger partial charge in [0.25, 0.3) is 11.6 Å². The first-order valence-electron chi connectivity index (χ1n) is 8.15. The van der Waals surface area contributed by atoms with Crippen molar-refractivity contribution in [1.82, 2.24) is 0 Å². The number of amides is 1. The fourth-order valence-corrected chi connectivity index (χ4v) is 2.94. The number of nitro benzene ring substituents is 1. The topological polar surface area (TPSA) is 146 Å². The standard InChI is InChI=1S/C18H17Cl2N5O4/c1-29-24-15(11-2-4-12(5-3-11)25(27)28)9-17(26)23-16(21)8-10-6-13(19)18(22)14(20)7-10/h2-7H,8-9,22H2,1H3,(H2,21,23,26)/b24-15-. The molecule has 0 saturated heterocycles. The number of aliphatic imine (C=N–C) groups is 1. The molecule has 0 fully saturated rings. The maximum atomic E-state index is 12.3. The Morgan fingerprint density at radius 2 is 1.79 bits per heavy atom. The van der Waals surface area contributed by atoms with Crippen LogP contribution in [0.25, 0.3) is 0 Å². The molecule has 11 heteroatoms. The van der Waals surface area contributed by atoms with E-state index in [2.05, 4.69) is 10.1 Å². The van der Waals surface area contributed by atoms with E-state index in [1.165, 1.54) is 31.4 Å². The van der Waals surface area contributed by atoms with Gasteiger partial charge in [0, 0.05) is 24.1 Å². The van der Waals surface area contributed by atoms with Crippen molar-refractivity contribution >= 4 is 52.0 Å². The summed E-state index contributed by atoms with van der Waals surface area (Å²) in [6, 6.07) is 8.71. The van der Waals surface area contributed by atoms with Gasteiger partial charge in [0.15, 0.2) is 0 Å². The van der Waals surface area contributed by atoms with Gasteiger partial charge in [-0.05, 0) is 29.8 Å². The van der Waals surface area contributed by atoms with Gasteiger partial charge in [0.05, 0.1) is 32.8 Å². The summed E-state index contributed by atoms with van der Waals surface area (Å²) < 4.78 is 0. The van der Waals surface area contributed by atoms with E-state index in [1.54, 1.807) is 12.1 Å². The number of nitrogen functional groups attached to an aromatic ring is 1. The fourth-order valence-electron chi connectivity index (χ4n) is 2.40. The molecule has 0 saturated carbocycles. The molecule has 29 heavy (non-hydrogen) atoms. The summed E-state index contributed by atoms with van der Waals surface area (Å²) in [6.07, 6.45) is -0.0741. The number of anilines is 1. The largest absolute Gasteiger partial charge is 0.399 e. The van der Waals surface area contributed by atoms with Gasteiger partial charge in [-0.25, -0.2) is 4.99 Å². The highest BCUT2D eigenvalue weighted by molar-refractivity contribution is 6.39. The average molecular weight is 438 g/mol. The smallest absolute Gasteiger partial charge is 0.269 e. The number of hydrogen-bond donors (Lipinski definition) is 2. The number of nitrogens with zero attached hydrogens (tertiary/aromatic N) is 3. The van der Waals surface area contributed by atoms with Crippen LogP contribution in [0.15, 0.2) is 46.5 Å². The summed E-state index contributed by atoms with van der Waals surface area (Å²) in [5.74, 6) is -0.517. The summed E-state index contributed by atoms with van der Waals surface area (Å²) >= 11 is 12.0. The van der Waals surface area contributed by atoms with E-state index in [-0.39, 0.29) is 45.8 Å². The number of oxime groups is 1. The van der Waals surface area contributed by atoms with Crippen molar-refractivity contribution in [2.24, 2.45) is 15.9 Å². The van der Waals surface area contributed by atoms with E-state index < -0.39 is 10.8 Å². The third kappa shape index (κ3) is 6.16. The minimum Gasteiger partial charge on any atom is -0.399 e. The summed E-state index contributed by atoms with van der Waals surface area (Å²) in [5.41, 5.74) is 13.1. The molecule has 1 amide bonds. The lowest BCUT2D eigenvalue weighted by atomic mass is 10.1. The van der Waals surface area contributed by atoms with E-state index in [0.717, 1.165) is 0 Å². The van der Waals surface area contributed by atoms with Gasteiger partial charge in [0.1, 0.15) is 12.9 Å². The Balaban J connectivity index is 2.13. The van der Waals surface area contributed by atoms with E-state index in [9.17, 15) is 14.9 Å². The lowest BCUT2D eigenvalue weighted by molar-refractivity contribution is -0.384. The zero-order valence-electron chi connectivity index (χ0n) is 15.3. The number of non-ortho nitro benzene ring substituents is 1. The first-order valence-corrected chi connectivity index (χ1v) is 8.91. The molecular formula is C18H17Cl2N5O4. The van der Waals surface area contributed by atoms with Crippen LogP contribution in [0.5, 0.6) is 0 Å². The number of nitro groups is 1. The summed E-state index contributed by atoms with van der Waals surface area (Å²) in [5, 5.41) is 15.1. The van der Waals surface area contributed by atoms with E-state index in [1.807, 2.05) is 0 Å². The molecule has 0 aliphatic carbocycles. The van der Waals surface area contributed by atoms with Crippen LogP contribution in [0.4, 0.5) is 11.4 Å². The molecule has 0 spiro atoms. The average Bonchev–Trinajstić information content (AvgIpc) is 2.65. The minimum atomic E-state index is -0.565. The minimum absolute atomic E-state index is 0.0485. The van der Waals surface area contributed by atoms with Gasteiger partial charge in [-0.15, -0.1) is 0 Å². The van der Waals surface area contributed by atoms with Gasteiger partial charge in [0.2, 0.25) is 0 Å². The van der Waals surface area contributed by atoms with E-state index >= 15 is 0 Å². The third-order valence-electron chi connectivity index (χ3n) is 3.72.